The van der Waals surface area contributed by atoms with E-state index in [2.05, 4.69) is 0 Å². The van der Waals surface area contributed by atoms with Crippen LogP contribution in [-0.4, -0.2) is 5.11 Å². The Morgan fingerprint density at radius 2 is 2.25 bits per heavy atom. The van der Waals surface area contributed by atoms with Crippen molar-refractivity contribution in [3.05, 3.63) is 29.3 Å². The first kappa shape index (κ1) is 9.92. The summed E-state index contributed by atoms with van der Waals surface area (Å²) in [6, 6.07) is 5.66. The molecular weight excluding hydrogens is 188 g/mol. The highest BCUT2D eigenvalue weighted by Crippen LogP contribution is 2.28. The summed E-state index contributed by atoms with van der Waals surface area (Å²) in [6.45, 7) is 0.411. The topological polar surface area (TPSA) is 46.2 Å². The quantitative estimate of drug-likeness (QED) is 0.730. The summed E-state index contributed by atoms with van der Waals surface area (Å²) in [6.07, 6.45) is 1.09. The summed E-state index contributed by atoms with van der Waals surface area (Å²) in [5, 5.41) is 9.33. The van der Waals surface area contributed by atoms with Crippen molar-refractivity contribution in [1.82, 2.24) is 0 Å². The lowest BCUT2D eigenvalue weighted by Crippen LogP contribution is -1.97. The Labute approximate surface area is 76.4 Å². The summed E-state index contributed by atoms with van der Waals surface area (Å²) in [7, 11) is 2.92. The van der Waals surface area contributed by atoms with Gasteiger partial charge in [-0.25, -0.2) is 0 Å². The van der Waals surface area contributed by atoms with Crippen molar-refractivity contribution in [3.63, 3.8) is 0 Å². The van der Waals surface area contributed by atoms with E-state index in [0.717, 1.165) is 20.0 Å². The second-order valence-electron chi connectivity index (χ2n) is 2.59. The van der Waals surface area contributed by atoms with Crippen LogP contribution in [0.4, 0.5) is 0 Å². The van der Waals surface area contributed by atoms with Gasteiger partial charge in [0.15, 0.2) is 0 Å². The number of aromatic hydroxyl groups is 1. The van der Waals surface area contributed by atoms with Gasteiger partial charge in [-0.15, -0.1) is 0 Å². The second kappa shape index (κ2) is 4.77. The maximum atomic E-state index is 9.33. The van der Waals surface area contributed by atoms with Crippen molar-refractivity contribution in [2.75, 3.05) is 0 Å². The molecule has 0 spiro atoms. The maximum absolute atomic E-state index is 9.33. The smallest absolute Gasteiger partial charge is 0.120 e. The van der Waals surface area contributed by atoms with Crippen LogP contribution >= 0.6 is 17.2 Å². The molecule has 2 nitrogen and oxygen atoms in total. The van der Waals surface area contributed by atoms with Crippen molar-refractivity contribution in [2.24, 2.45) is 5.73 Å². The van der Waals surface area contributed by atoms with Crippen molar-refractivity contribution in [2.45, 2.75) is 12.7 Å². The van der Waals surface area contributed by atoms with Crippen LogP contribution in [0.25, 0.3) is 0 Å². The molecule has 0 amide bonds. The number of phenolic OH excluding ortho intramolecular Hbond substituents is 1. The molecule has 1 rings (SSSR count). The van der Waals surface area contributed by atoms with Gasteiger partial charge in [0.2, 0.25) is 0 Å². The van der Waals surface area contributed by atoms with Gasteiger partial charge in [-0.05, 0) is 20.6 Å². The third-order valence-electron chi connectivity index (χ3n) is 1.69. The monoisotopic (exact) mass is 202 g/mol. The first-order valence-electron chi connectivity index (χ1n) is 3.78. The third kappa shape index (κ3) is 2.42. The molecule has 0 fully saturated rings. The van der Waals surface area contributed by atoms with Gasteiger partial charge in [0.1, 0.15) is 5.75 Å². The second-order valence-corrected chi connectivity index (χ2v) is 4.95. The zero-order valence-electron chi connectivity index (χ0n) is 6.88. The van der Waals surface area contributed by atoms with Crippen LogP contribution in [0.1, 0.15) is 11.1 Å². The maximum Gasteiger partial charge on any atom is 0.120 e. The molecule has 1 aromatic carbocycles. The van der Waals surface area contributed by atoms with E-state index in [-0.39, 0.29) is 0 Å². The van der Waals surface area contributed by atoms with Gasteiger partial charge >= 0.3 is 0 Å². The zero-order chi connectivity index (χ0) is 8.97. The minimum Gasteiger partial charge on any atom is -0.508 e. The van der Waals surface area contributed by atoms with Gasteiger partial charge < -0.3 is 10.8 Å². The molecule has 0 saturated carbocycles. The average molecular weight is 202 g/mol. The lowest BCUT2D eigenvalue weighted by atomic mass is 10.1. The Bertz CT molecular complexity index is 265. The third-order valence-corrected chi connectivity index (χ3v) is 3.10. The van der Waals surface area contributed by atoms with E-state index in [0.29, 0.717) is 12.3 Å². The number of rotatable bonds is 3. The SMILES string of the molecule is NCc1cc(CP[PH3+])ccc1O. The number of benzene rings is 1. The molecule has 0 heterocycles. The molecule has 0 aliphatic carbocycles. The van der Waals surface area contributed by atoms with Crippen LogP contribution in [-0.2, 0) is 12.7 Å². The molecular formula is C8H14NOP2+. The largest absolute Gasteiger partial charge is 0.508 e. The summed E-state index contributed by atoms with van der Waals surface area (Å²) >= 11 is 0. The van der Waals surface area contributed by atoms with Crippen LogP contribution in [0.5, 0.6) is 5.75 Å². The number of hydrogen-bond donors (Lipinski definition) is 2. The minimum atomic E-state index is 0.308. The van der Waals surface area contributed by atoms with Crippen molar-refractivity contribution in [3.8, 4) is 5.75 Å². The van der Waals surface area contributed by atoms with Crippen LogP contribution in [0, 0.1) is 0 Å². The Morgan fingerprint density at radius 3 is 2.83 bits per heavy atom. The highest BCUT2D eigenvalue weighted by atomic mass is 32.0. The van der Waals surface area contributed by atoms with E-state index in [4.69, 9.17) is 5.73 Å². The molecule has 4 heteroatoms. The normalized spacial score (nSPS) is 11.4. The van der Waals surface area contributed by atoms with E-state index >= 15 is 0 Å². The number of hydrogen-bond acceptors (Lipinski definition) is 2. The van der Waals surface area contributed by atoms with E-state index in [1.807, 2.05) is 21.1 Å². The highest BCUT2D eigenvalue weighted by Gasteiger charge is 2.00. The molecule has 0 radical (unpaired) electrons. The van der Waals surface area contributed by atoms with Crippen LogP contribution in [0.3, 0.4) is 0 Å². The van der Waals surface area contributed by atoms with Crippen LogP contribution < -0.4 is 5.73 Å². The molecule has 2 unspecified atom stereocenters. The average Bonchev–Trinajstić information content (AvgIpc) is 2.09. The van der Waals surface area contributed by atoms with Gasteiger partial charge in [-0.3, -0.25) is 0 Å². The Hall–Kier alpha value is -0.160. The van der Waals surface area contributed by atoms with Crippen molar-refractivity contribution >= 4 is 17.2 Å². The van der Waals surface area contributed by atoms with Gasteiger partial charge in [0, 0.05) is 26.5 Å². The van der Waals surface area contributed by atoms with E-state index < -0.39 is 0 Å². The molecule has 0 aliphatic heterocycles. The van der Waals surface area contributed by atoms with E-state index in [1.54, 1.807) is 6.07 Å². The molecule has 2 atom stereocenters. The zero-order valence-corrected chi connectivity index (χ0v) is 9.29. The van der Waals surface area contributed by atoms with Gasteiger partial charge in [-0.2, -0.15) is 0 Å². The predicted molar refractivity (Wildman–Crippen MR) is 59.1 cm³/mol. The minimum absolute atomic E-state index is 0.308. The summed E-state index contributed by atoms with van der Waals surface area (Å²) < 4.78 is 0. The molecule has 1 aromatic rings. The number of nitrogens with two attached hydrogens (primary N) is 1. The molecule has 0 aliphatic rings. The first-order chi connectivity index (χ1) is 5.77. The van der Waals surface area contributed by atoms with Gasteiger partial charge in [0.05, 0.1) is 0 Å². The predicted octanol–water partition coefficient (Wildman–Crippen LogP) is 1.55. The Balaban J connectivity index is 2.89. The lowest BCUT2D eigenvalue weighted by Gasteiger charge is -2.03. The lowest BCUT2D eigenvalue weighted by molar-refractivity contribution is 0.468. The fourth-order valence-corrected chi connectivity index (χ4v) is 2.43. The summed E-state index contributed by atoms with van der Waals surface area (Å²) in [5.41, 5.74) is 7.57. The standard InChI is InChI=1S/C8H13NOP2/c9-4-7-3-6(5-12-11)1-2-8(7)10/h1-3,10,12H,4-5,9,11H2/p+1. The fraction of sp³-hybridized carbons (Fsp3) is 0.250. The molecule has 0 aromatic heterocycles. The molecule has 0 saturated heterocycles. The molecule has 0 bridgehead atoms. The van der Waals surface area contributed by atoms with Crippen molar-refractivity contribution < 1.29 is 5.11 Å². The van der Waals surface area contributed by atoms with E-state index in [1.165, 1.54) is 5.56 Å². The Morgan fingerprint density at radius 1 is 1.50 bits per heavy atom. The Kier molecular flexibility index (Phi) is 3.94. The summed E-state index contributed by atoms with van der Waals surface area (Å²) in [4.78, 5) is 0. The molecule has 66 valence electrons. The van der Waals surface area contributed by atoms with Crippen LogP contribution in [0.2, 0.25) is 0 Å². The fourth-order valence-electron chi connectivity index (χ4n) is 1.06. The summed E-state index contributed by atoms with van der Waals surface area (Å²) in [5.74, 6) is 0.308. The highest BCUT2D eigenvalue weighted by molar-refractivity contribution is 8.02. The molecule has 3 N–H and O–H groups in total. The van der Waals surface area contributed by atoms with Crippen LogP contribution in [0.15, 0.2) is 18.2 Å². The van der Waals surface area contributed by atoms with Crippen molar-refractivity contribution in [1.29, 1.82) is 0 Å². The van der Waals surface area contributed by atoms with Gasteiger partial charge in [0.25, 0.3) is 0 Å². The number of phenols is 1. The molecule has 12 heavy (non-hydrogen) atoms. The van der Waals surface area contributed by atoms with E-state index in [9.17, 15) is 5.11 Å². The first-order valence-corrected chi connectivity index (χ1v) is 7.32. The van der Waals surface area contributed by atoms with Gasteiger partial charge in [-0.1, -0.05) is 12.1 Å².